The largest absolute Gasteiger partial charge is 0.0787 e. The van der Waals surface area contributed by atoms with Crippen molar-refractivity contribution in [3.63, 3.8) is 0 Å². The van der Waals surface area contributed by atoms with Gasteiger partial charge in [0.2, 0.25) is 0 Å². The van der Waals surface area contributed by atoms with E-state index >= 15 is 0 Å². The third-order valence-corrected chi connectivity index (χ3v) is 3.71. The van der Waals surface area contributed by atoms with Crippen LogP contribution >= 0.6 is 24.4 Å². The molecule has 1 aliphatic carbocycles. The Morgan fingerprint density at radius 3 is 1.00 bits per heavy atom. The SMILES string of the molecule is S=C1c2ccccc2C(=S)c2ccccc21. The average molecular weight is 240 g/mol. The summed E-state index contributed by atoms with van der Waals surface area (Å²) < 4.78 is 0. The molecule has 0 unspecified atom stereocenters. The van der Waals surface area contributed by atoms with E-state index in [9.17, 15) is 0 Å². The first-order valence-electron chi connectivity index (χ1n) is 5.06. The fourth-order valence-electron chi connectivity index (χ4n) is 2.05. The molecule has 0 saturated carbocycles. The van der Waals surface area contributed by atoms with E-state index in [1.165, 1.54) is 0 Å². The highest BCUT2D eigenvalue weighted by molar-refractivity contribution is 7.82. The fraction of sp³-hybridized carbons (Fsp3) is 0. The molecule has 0 N–H and O–H groups in total. The van der Waals surface area contributed by atoms with Gasteiger partial charge >= 0.3 is 0 Å². The molecule has 0 atom stereocenters. The summed E-state index contributed by atoms with van der Waals surface area (Å²) in [7, 11) is 0. The standard InChI is InChI=1S/C14H8S2/c15-13-9-5-1-2-6-10(9)14(16)12-8-4-3-7-11(12)13/h1-8H. The van der Waals surface area contributed by atoms with Crippen LogP contribution in [-0.2, 0) is 0 Å². The van der Waals surface area contributed by atoms with Crippen LogP contribution in [0, 0.1) is 0 Å². The third-order valence-electron chi connectivity index (χ3n) is 2.83. The lowest BCUT2D eigenvalue weighted by atomic mass is 9.86. The highest BCUT2D eigenvalue weighted by Crippen LogP contribution is 2.28. The first kappa shape index (κ1) is 9.82. The van der Waals surface area contributed by atoms with E-state index < -0.39 is 0 Å². The van der Waals surface area contributed by atoms with E-state index in [0.29, 0.717) is 0 Å². The molecule has 0 heterocycles. The maximum absolute atomic E-state index is 5.51. The van der Waals surface area contributed by atoms with Crippen molar-refractivity contribution >= 4 is 34.2 Å². The van der Waals surface area contributed by atoms with Crippen molar-refractivity contribution < 1.29 is 0 Å². The zero-order chi connectivity index (χ0) is 11.1. The Hall–Kier alpha value is -1.38. The molecular formula is C14H8S2. The van der Waals surface area contributed by atoms with Crippen LogP contribution in [0.5, 0.6) is 0 Å². The number of hydrogen-bond acceptors (Lipinski definition) is 2. The number of thiocarbonyl (C=S) groups is 2. The van der Waals surface area contributed by atoms with Crippen LogP contribution in [-0.4, -0.2) is 9.73 Å². The summed E-state index contributed by atoms with van der Waals surface area (Å²) in [5.41, 5.74) is 4.34. The average Bonchev–Trinajstić information content (AvgIpc) is 2.36. The maximum atomic E-state index is 5.51. The van der Waals surface area contributed by atoms with Crippen LogP contribution in [0.2, 0.25) is 0 Å². The van der Waals surface area contributed by atoms with Crippen molar-refractivity contribution in [2.75, 3.05) is 0 Å². The Balaban J connectivity index is 2.35. The van der Waals surface area contributed by atoms with Gasteiger partial charge < -0.3 is 0 Å². The number of benzene rings is 2. The smallest absolute Gasteiger partial charge is 0.0534 e. The van der Waals surface area contributed by atoms with Gasteiger partial charge in [-0.3, -0.25) is 0 Å². The van der Waals surface area contributed by atoms with Gasteiger partial charge in [0.15, 0.2) is 0 Å². The fourth-order valence-corrected chi connectivity index (χ4v) is 2.76. The molecule has 0 amide bonds. The highest BCUT2D eigenvalue weighted by atomic mass is 32.1. The lowest BCUT2D eigenvalue weighted by Crippen LogP contribution is -2.18. The van der Waals surface area contributed by atoms with Crippen LogP contribution in [0.25, 0.3) is 0 Å². The van der Waals surface area contributed by atoms with E-state index in [-0.39, 0.29) is 0 Å². The van der Waals surface area contributed by atoms with Gasteiger partial charge in [-0.05, 0) is 0 Å². The molecule has 0 aliphatic heterocycles. The van der Waals surface area contributed by atoms with Gasteiger partial charge in [-0.1, -0.05) is 73.0 Å². The Morgan fingerprint density at radius 2 is 0.750 bits per heavy atom. The monoisotopic (exact) mass is 240 g/mol. The van der Waals surface area contributed by atoms with Crippen molar-refractivity contribution in [2.24, 2.45) is 0 Å². The van der Waals surface area contributed by atoms with Crippen LogP contribution in [0.3, 0.4) is 0 Å². The van der Waals surface area contributed by atoms with E-state index in [0.717, 1.165) is 32.0 Å². The molecule has 0 bridgehead atoms. The first-order valence-corrected chi connectivity index (χ1v) is 5.88. The minimum atomic E-state index is 0.903. The summed E-state index contributed by atoms with van der Waals surface area (Å²) in [4.78, 5) is 1.81. The summed E-state index contributed by atoms with van der Waals surface area (Å²) in [6, 6.07) is 16.2. The van der Waals surface area contributed by atoms with E-state index in [4.69, 9.17) is 24.4 Å². The molecule has 2 aromatic carbocycles. The molecule has 0 radical (unpaired) electrons. The van der Waals surface area contributed by atoms with Gasteiger partial charge in [0.1, 0.15) is 0 Å². The van der Waals surface area contributed by atoms with Gasteiger partial charge in [0.05, 0.1) is 9.73 Å². The Labute approximate surface area is 105 Å². The molecular weight excluding hydrogens is 232 g/mol. The summed E-state index contributed by atoms with van der Waals surface area (Å²) in [5.74, 6) is 0. The second-order valence-electron chi connectivity index (χ2n) is 3.75. The van der Waals surface area contributed by atoms with Crippen molar-refractivity contribution in [1.82, 2.24) is 0 Å². The number of rotatable bonds is 0. The normalized spacial score (nSPS) is 13.2. The van der Waals surface area contributed by atoms with E-state index in [1.54, 1.807) is 0 Å². The molecule has 3 rings (SSSR count). The van der Waals surface area contributed by atoms with Crippen LogP contribution < -0.4 is 0 Å². The summed E-state index contributed by atoms with van der Waals surface area (Å²) in [5, 5.41) is 0. The van der Waals surface area contributed by atoms with Crippen LogP contribution in [0.4, 0.5) is 0 Å². The summed E-state index contributed by atoms with van der Waals surface area (Å²) in [6.45, 7) is 0. The number of hydrogen-bond donors (Lipinski definition) is 0. The van der Waals surface area contributed by atoms with Crippen molar-refractivity contribution in [3.8, 4) is 0 Å². The molecule has 2 heteroatoms. The van der Waals surface area contributed by atoms with Gasteiger partial charge in [0.25, 0.3) is 0 Å². The van der Waals surface area contributed by atoms with Gasteiger partial charge in [-0.2, -0.15) is 0 Å². The Morgan fingerprint density at radius 1 is 0.500 bits per heavy atom. The predicted octanol–water partition coefficient (Wildman–Crippen LogP) is 3.53. The van der Waals surface area contributed by atoms with E-state index in [1.807, 2.05) is 48.5 Å². The lowest BCUT2D eigenvalue weighted by Gasteiger charge is -2.20. The third kappa shape index (κ3) is 1.27. The summed E-state index contributed by atoms with van der Waals surface area (Å²) in [6.07, 6.45) is 0. The Kier molecular flexibility index (Phi) is 2.20. The van der Waals surface area contributed by atoms with Gasteiger partial charge in [-0.25, -0.2) is 0 Å². The molecule has 0 aromatic heterocycles. The highest BCUT2D eigenvalue weighted by Gasteiger charge is 2.22. The first-order chi connectivity index (χ1) is 7.79. The minimum Gasteiger partial charge on any atom is -0.0787 e. The van der Waals surface area contributed by atoms with Crippen LogP contribution in [0.15, 0.2) is 48.5 Å². The Bertz CT molecular complexity index is 506. The second-order valence-corrected chi connectivity index (χ2v) is 4.57. The zero-order valence-corrected chi connectivity index (χ0v) is 10.1. The maximum Gasteiger partial charge on any atom is 0.0534 e. The van der Waals surface area contributed by atoms with E-state index in [2.05, 4.69) is 0 Å². The molecule has 76 valence electrons. The van der Waals surface area contributed by atoms with Crippen molar-refractivity contribution in [2.45, 2.75) is 0 Å². The van der Waals surface area contributed by atoms with Crippen LogP contribution in [0.1, 0.15) is 22.3 Å². The zero-order valence-electron chi connectivity index (χ0n) is 8.44. The topological polar surface area (TPSA) is 0 Å². The molecule has 0 nitrogen and oxygen atoms in total. The van der Waals surface area contributed by atoms with Crippen molar-refractivity contribution in [3.05, 3.63) is 70.8 Å². The minimum absolute atomic E-state index is 0.903. The number of fused-ring (bicyclic) bond motifs is 2. The molecule has 0 saturated heterocycles. The van der Waals surface area contributed by atoms with Gasteiger partial charge in [0, 0.05) is 22.3 Å². The van der Waals surface area contributed by atoms with Crippen molar-refractivity contribution in [1.29, 1.82) is 0 Å². The molecule has 0 spiro atoms. The molecule has 2 aromatic rings. The molecule has 16 heavy (non-hydrogen) atoms. The lowest BCUT2D eigenvalue weighted by molar-refractivity contribution is 1.53. The summed E-state index contributed by atoms with van der Waals surface area (Å²) >= 11 is 11.0. The molecule has 0 fully saturated rings. The second kappa shape index (κ2) is 3.58. The quantitative estimate of drug-likeness (QED) is 0.551. The molecule has 1 aliphatic rings. The van der Waals surface area contributed by atoms with Gasteiger partial charge in [-0.15, -0.1) is 0 Å². The predicted molar refractivity (Wildman–Crippen MR) is 74.5 cm³/mol.